The van der Waals surface area contributed by atoms with E-state index in [2.05, 4.69) is 11.4 Å². The summed E-state index contributed by atoms with van der Waals surface area (Å²) in [6.07, 6.45) is 0. The number of methoxy groups -OCH3 is 1. The van der Waals surface area contributed by atoms with Crippen molar-refractivity contribution in [1.82, 2.24) is 5.32 Å². The summed E-state index contributed by atoms with van der Waals surface area (Å²) in [7, 11) is 1.66. The average Bonchev–Trinajstić information content (AvgIpc) is 2.34. The molecule has 0 aliphatic carbocycles. The maximum atomic E-state index is 8.97. The van der Waals surface area contributed by atoms with Gasteiger partial charge in [-0.05, 0) is 36.6 Å². The van der Waals surface area contributed by atoms with E-state index in [0.29, 0.717) is 6.54 Å². The Morgan fingerprint density at radius 3 is 2.35 bits per heavy atom. The number of hydrogen-bond acceptors (Lipinski definition) is 4. The lowest BCUT2D eigenvalue weighted by Crippen LogP contribution is -2.35. The van der Waals surface area contributed by atoms with Crippen LogP contribution in [0.5, 0.6) is 5.75 Å². The van der Waals surface area contributed by atoms with Crippen molar-refractivity contribution in [2.75, 3.05) is 20.3 Å². The van der Waals surface area contributed by atoms with E-state index in [1.807, 2.05) is 19.9 Å². The topological polar surface area (TPSA) is 61.7 Å². The van der Waals surface area contributed by atoms with Gasteiger partial charge in [-0.3, -0.25) is 0 Å². The third kappa shape index (κ3) is 3.70. The van der Waals surface area contributed by atoms with Gasteiger partial charge in [-0.2, -0.15) is 0 Å². The zero-order valence-corrected chi connectivity index (χ0v) is 10.7. The van der Waals surface area contributed by atoms with Crippen LogP contribution in [0.15, 0.2) is 12.1 Å². The number of aryl methyl sites for hydroxylation is 2. The monoisotopic (exact) mass is 239 g/mol. The largest absolute Gasteiger partial charge is 0.496 e. The molecule has 0 amide bonds. The number of benzene rings is 1. The highest BCUT2D eigenvalue weighted by Crippen LogP contribution is 2.22. The first-order chi connectivity index (χ1) is 8.12. The Balaban J connectivity index is 2.75. The van der Waals surface area contributed by atoms with E-state index < -0.39 is 0 Å². The third-order valence-electron chi connectivity index (χ3n) is 2.88. The summed E-state index contributed by atoms with van der Waals surface area (Å²) >= 11 is 0. The van der Waals surface area contributed by atoms with Gasteiger partial charge in [0, 0.05) is 6.54 Å². The molecule has 0 atom stereocenters. The smallest absolute Gasteiger partial charge is 0.122 e. The summed E-state index contributed by atoms with van der Waals surface area (Å²) in [6, 6.07) is 3.79. The SMILES string of the molecule is COc1cc(C)c(CNC(CO)CO)cc1C. The first-order valence-corrected chi connectivity index (χ1v) is 5.71. The van der Waals surface area contributed by atoms with Crippen LogP contribution >= 0.6 is 0 Å². The van der Waals surface area contributed by atoms with Gasteiger partial charge in [0.15, 0.2) is 0 Å². The highest BCUT2D eigenvalue weighted by molar-refractivity contribution is 5.41. The van der Waals surface area contributed by atoms with Crippen LogP contribution in [0, 0.1) is 13.8 Å². The van der Waals surface area contributed by atoms with E-state index >= 15 is 0 Å². The maximum absolute atomic E-state index is 8.97. The zero-order valence-electron chi connectivity index (χ0n) is 10.7. The Kier molecular flexibility index (Phi) is 5.41. The van der Waals surface area contributed by atoms with Crippen LogP contribution in [0.1, 0.15) is 16.7 Å². The first-order valence-electron chi connectivity index (χ1n) is 5.71. The molecule has 3 N–H and O–H groups in total. The Morgan fingerprint density at radius 2 is 1.82 bits per heavy atom. The van der Waals surface area contributed by atoms with Crippen LogP contribution in [0.25, 0.3) is 0 Å². The molecule has 0 saturated carbocycles. The van der Waals surface area contributed by atoms with Crippen LogP contribution in [0.2, 0.25) is 0 Å². The summed E-state index contributed by atoms with van der Waals surface area (Å²) in [6.45, 7) is 4.51. The number of ether oxygens (including phenoxy) is 1. The predicted molar refractivity (Wildman–Crippen MR) is 67.3 cm³/mol. The molecule has 0 fully saturated rings. The highest BCUT2D eigenvalue weighted by Gasteiger charge is 2.08. The summed E-state index contributed by atoms with van der Waals surface area (Å²) in [5, 5.41) is 21.0. The molecule has 4 nitrogen and oxygen atoms in total. The van der Waals surface area contributed by atoms with Crippen LogP contribution < -0.4 is 10.1 Å². The van der Waals surface area contributed by atoms with Crippen LogP contribution in [-0.2, 0) is 6.54 Å². The minimum Gasteiger partial charge on any atom is -0.496 e. The molecule has 1 rings (SSSR count). The van der Waals surface area contributed by atoms with Crippen molar-refractivity contribution in [3.63, 3.8) is 0 Å². The predicted octanol–water partition coefficient (Wildman–Crippen LogP) is 0.755. The van der Waals surface area contributed by atoms with E-state index in [-0.39, 0.29) is 19.3 Å². The lowest BCUT2D eigenvalue weighted by molar-refractivity contribution is 0.170. The third-order valence-corrected chi connectivity index (χ3v) is 2.88. The van der Waals surface area contributed by atoms with Crippen molar-refractivity contribution in [2.24, 2.45) is 0 Å². The minimum absolute atomic E-state index is 0.0648. The molecule has 1 aromatic rings. The summed E-state index contributed by atoms with van der Waals surface area (Å²) < 4.78 is 5.25. The number of aliphatic hydroxyl groups excluding tert-OH is 2. The van der Waals surface area contributed by atoms with Gasteiger partial charge in [0.25, 0.3) is 0 Å². The van der Waals surface area contributed by atoms with Gasteiger partial charge in [0.1, 0.15) is 5.75 Å². The summed E-state index contributed by atoms with van der Waals surface area (Å²) in [4.78, 5) is 0. The fraction of sp³-hybridized carbons (Fsp3) is 0.538. The molecule has 17 heavy (non-hydrogen) atoms. The molecule has 0 aromatic heterocycles. The molecule has 0 bridgehead atoms. The molecule has 1 aromatic carbocycles. The molecule has 0 radical (unpaired) electrons. The molecule has 0 heterocycles. The van der Waals surface area contributed by atoms with Crippen molar-refractivity contribution < 1.29 is 14.9 Å². The number of nitrogens with one attached hydrogen (secondary N) is 1. The first kappa shape index (κ1) is 14.0. The Labute approximate surface area is 102 Å². The van der Waals surface area contributed by atoms with Crippen LogP contribution in [0.4, 0.5) is 0 Å². The van der Waals surface area contributed by atoms with Gasteiger partial charge in [0.2, 0.25) is 0 Å². The van der Waals surface area contributed by atoms with E-state index in [0.717, 1.165) is 22.4 Å². The number of aliphatic hydroxyl groups is 2. The van der Waals surface area contributed by atoms with Crippen molar-refractivity contribution in [1.29, 1.82) is 0 Å². The van der Waals surface area contributed by atoms with E-state index in [1.165, 1.54) is 0 Å². The second kappa shape index (κ2) is 6.59. The zero-order chi connectivity index (χ0) is 12.8. The molecule has 0 unspecified atom stereocenters. The van der Waals surface area contributed by atoms with Gasteiger partial charge in [-0.15, -0.1) is 0 Å². The second-order valence-electron chi connectivity index (χ2n) is 4.19. The summed E-state index contributed by atoms with van der Waals surface area (Å²) in [5.41, 5.74) is 3.37. The highest BCUT2D eigenvalue weighted by atomic mass is 16.5. The molecule has 4 heteroatoms. The van der Waals surface area contributed by atoms with Gasteiger partial charge in [-0.1, -0.05) is 6.07 Å². The molecule has 96 valence electrons. The van der Waals surface area contributed by atoms with Gasteiger partial charge >= 0.3 is 0 Å². The Hall–Kier alpha value is -1.10. The lowest BCUT2D eigenvalue weighted by atomic mass is 10.0. The van der Waals surface area contributed by atoms with Gasteiger partial charge in [-0.25, -0.2) is 0 Å². The second-order valence-corrected chi connectivity index (χ2v) is 4.19. The molecule has 0 saturated heterocycles. The van der Waals surface area contributed by atoms with Gasteiger partial charge < -0.3 is 20.3 Å². The maximum Gasteiger partial charge on any atom is 0.122 e. The lowest BCUT2D eigenvalue weighted by Gasteiger charge is -2.16. The van der Waals surface area contributed by atoms with E-state index in [1.54, 1.807) is 7.11 Å². The van der Waals surface area contributed by atoms with Crippen LogP contribution in [-0.4, -0.2) is 36.6 Å². The van der Waals surface area contributed by atoms with E-state index in [4.69, 9.17) is 14.9 Å². The molecule has 0 aliphatic rings. The molecule has 0 aliphatic heterocycles. The van der Waals surface area contributed by atoms with Crippen LogP contribution in [0.3, 0.4) is 0 Å². The Morgan fingerprint density at radius 1 is 1.18 bits per heavy atom. The minimum atomic E-state index is -0.267. The van der Waals surface area contributed by atoms with Gasteiger partial charge in [0.05, 0.1) is 26.4 Å². The van der Waals surface area contributed by atoms with E-state index in [9.17, 15) is 0 Å². The fourth-order valence-corrected chi connectivity index (χ4v) is 1.70. The average molecular weight is 239 g/mol. The normalized spacial score (nSPS) is 10.9. The Bertz CT molecular complexity index is 362. The standard InChI is InChI=1S/C13H21NO3/c1-9-5-13(17-3)10(2)4-11(9)6-14-12(7-15)8-16/h4-5,12,14-16H,6-8H2,1-3H3. The number of rotatable bonds is 6. The van der Waals surface area contributed by atoms with Crippen molar-refractivity contribution in [2.45, 2.75) is 26.4 Å². The summed E-state index contributed by atoms with van der Waals surface area (Å²) in [5.74, 6) is 0.882. The fourth-order valence-electron chi connectivity index (χ4n) is 1.70. The molecule has 0 spiro atoms. The quantitative estimate of drug-likeness (QED) is 0.685. The molecular formula is C13H21NO3. The van der Waals surface area contributed by atoms with Crippen molar-refractivity contribution >= 4 is 0 Å². The van der Waals surface area contributed by atoms with Crippen molar-refractivity contribution in [3.05, 3.63) is 28.8 Å². The molecular weight excluding hydrogens is 218 g/mol. The number of hydrogen-bond donors (Lipinski definition) is 3. The van der Waals surface area contributed by atoms with Crippen molar-refractivity contribution in [3.8, 4) is 5.75 Å².